The number of aryl methyl sites for hydroxylation is 1. The third kappa shape index (κ3) is 3.20. The first-order valence-corrected chi connectivity index (χ1v) is 6.21. The van der Waals surface area contributed by atoms with Gasteiger partial charge in [0, 0.05) is 18.6 Å². The molecule has 0 aliphatic rings. The lowest BCUT2D eigenvalue weighted by Gasteiger charge is -2.22. The molecule has 3 N–H and O–H groups in total. The topological polar surface area (TPSA) is 55.5 Å². The van der Waals surface area contributed by atoms with Crippen LogP contribution < -0.4 is 10.5 Å². The normalized spacial score (nSPS) is 14.4. The molecule has 0 aliphatic carbocycles. The second-order valence-corrected chi connectivity index (χ2v) is 4.30. The van der Waals surface area contributed by atoms with Crippen molar-refractivity contribution >= 4 is 0 Å². The minimum Gasteiger partial charge on any atom is -0.496 e. The van der Waals surface area contributed by atoms with E-state index in [4.69, 9.17) is 10.5 Å². The van der Waals surface area contributed by atoms with Gasteiger partial charge in [0.1, 0.15) is 5.75 Å². The Labute approximate surface area is 104 Å². The second-order valence-electron chi connectivity index (χ2n) is 4.30. The largest absolute Gasteiger partial charge is 0.496 e. The predicted molar refractivity (Wildman–Crippen MR) is 70.2 cm³/mol. The molecule has 0 saturated carbocycles. The summed E-state index contributed by atoms with van der Waals surface area (Å²) in [6.07, 6.45) is 1.80. The summed E-state index contributed by atoms with van der Waals surface area (Å²) in [5, 5.41) is 9.28. The van der Waals surface area contributed by atoms with Crippen LogP contribution in [0, 0.1) is 5.92 Å². The molecule has 2 atom stereocenters. The lowest BCUT2D eigenvalue weighted by atomic mass is 9.91. The quantitative estimate of drug-likeness (QED) is 0.798. The number of hydrogen-bond acceptors (Lipinski definition) is 3. The molecule has 1 aromatic rings. The van der Waals surface area contributed by atoms with Gasteiger partial charge in [-0.2, -0.15) is 0 Å². The maximum atomic E-state index is 9.28. The summed E-state index contributed by atoms with van der Waals surface area (Å²) in [5.74, 6) is 1.02. The highest BCUT2D eigenvalue weighted by atomic mass is 16.5. The van der Waals surface area contributed by atoms with Gasteiger partial charge in [-0.05, 0) is 30.0 Å². The second kappa shape index (κ2) is 6.62. The van der Waals surface area contributed by atoms with E-state index >= 15 is 0 Å². The highest BCUT2D eigenvalue weighted by molar-refractivity contribution is 5.38. The number of benzene rings is 1. The highest BCUT2D eigenvalue weighted by Crippen LogP contribution is 2.27. The Kier molecular flexibility index (Phi) is 5.45. The van der Waals surface area contributed by atoms with Crippen LogP contribution in [0.4, 0.5) is 0 Å². The van der Waals surface area contributed by atoms with E-state index in [0.29, 0.717) is 0 Å². The van der Waals surface area contributed by atoms with Gasteiger partial charge < -0.3 is 15.6 Å². The van der Waals surface area contributed by atoms with E-state index in [-0.39, 0.29) is 18.6 Å². The van der Waals surface area contributed by atoms with Crippen molar-refractivity contribution in [2.24, 2.45) is 11.7 Å². The Bertz CT molecular complexity index is 348. The minimum absolute atomic E-state index is 0.110. The molecule has 0 bridgehead atoms. The summed E-state index contributed by atoms with van der Waals surface area (Å²) in [4.78, 5) is 0. The Morgan fingerprint density at radius 2 is 2.06 bits per heavy atom. The van der Waals surface area contributed by atoms with Crippen molar-refractivity contribution in [3.05, 3.63) is 29.3 Å². The molecule has 3 nitrogen and oxygen atoms in total. The van der Waals surface area contributed by atoms with Crippen LogP contribution in [0.5, 0.6) is 5.75 Å². The predicted octanol–water partition coefficient (Wildman–Crippen LogP) is 2.28. The maximum Gasteiger partial charge on any atom is 0.122 e. The first-order chi connectivity index (χ1) is 8.17. The SMILES string of the molecule is CCc1cc(C(N)C(CC)CO)ccc1OC. The number of rotatable bonds is 6. The molecule has 0 aliphatic heterocycles. The van der Waals surface area contributed by atoms with Gasteiger partial charge in [0.2, 0.25) is 0 Å². The van der Waals surface area contributed by atoms with Crippen molar-refractivity contribution in [1.82, 2.24) is 0 Å². The van der Waals surface area contributed by atoms with Crippen molar-refractivity contribution in [2.45, 2.75) is 32.7 Å². The third-order valence-electron chi connectivity index (χ3n) is 3.34. The van der Waals surface area contributed by atoms with Gasteiger partial charge in [-0.1, -0.05) is 26.0 Å². The van der Waals surface area contributed by atoms with Crippen LogP contribution >= 0.6 is 0 Å². The maximum absolute atomic E-state index is 9.28. The third-order valence-corrected chi connectivity index (χ3v) is 3.34. The molecule has 0 spiro atoms. The van der Waals surface area contributed by atoms with Gasteiger partial charge in [-0.15, -0.1) is 0 Å². The Morgan fingerprint density at radius 1 is 1.35 bits per heavy atom. The van der Waals surface area contributed by atoms with Crippen LogP contribution in [0.3, 0.4) is 0 Å². The van der Waals surface area contributed by atoms with Crippen LogP contribution in [0.15, 0.2) is 18.2 Å². The van der Waals surface area contributed by atoms with E-state index in [2.05, 4.69) is 13.0 Å². The Hall–Kier alpha value is -1.06. The van der Waals surface area contributed by atoms with Gasteiger partial charge in [-0.25, -0.2) is 0 Å². The van der Waals surface area contributed by atoms with Crippen LogP contribution in [0.25, 0.3) is 0 Å². The van der Waals surface area contributed by atoms with Crippen LogP contribution in [0.1, 0.15) is 37.4 Å². The summed E-state index contributed by atoms with van der Waals surface area (Å²) in [7, 11) is 1.68. The molecule has 0 fully saturated rings. The molecule has 3 heteroatoms. The average Bonchev–Trinajstić information content (AvgIpc) is 2.39. The van der Waals surface area contributed by atoms with Crippen molar-refractivity contribution in [2.75, 3.05) is 13.7 Å². The number of nitrogens with two attached hydrogens (primary N) is 1. The zero-order chi connectivity index (χ0) is 12.8. The Balaban J connectivity index is 2.98. The van der Waals surface area contributed by atoms with E-state index < -0.39 is 0 Å². The summed E-state index contributed by atoms with van der Waals surface area (Å²) < 4.78 is 5.29. The van der Waals surface area contributed by atoms with E-state index in [9.17, 15) is 5.11 Å². The lowest BCUT2D eigenvalue weighted by Crippen LogP contribution is -2.23. The monoisotopic (exact) mass is 237 g/mol. The average molecular weight is 237 g/mol. The summed E-state index contributed by atoms with van der Waals surface area (Å²) in [6, 6.07) is 5.92. The molecular formula is C14H23NO2. The standard InChI is InChI=1S/C14H23NO2/c1-4-10-8-12(6-7-13(10)17-3)14(15)11(5-2)9-16/h6-8,11,14,16H,4-5,9,15H2,1-3H3. The zero-order valence-corrected chi connectivity index (χ0v) is 10.9. The summed E-state index contributed by atoms with van der Waals surface area (Å²) in [5.41, 5.74) is 8.41. The number of aliphatic hydroxyl groups excluding tert-OH is 1. The van der Waals surface area contributed by atoms with E-state index in [0.717, 1.165) is 29.7 Å². The zero-order valence-electron chi connectivity index (χ0n) is 10.9. The van der Waals surface area contributed by atoms with Gasteiger partial charge in [-0.3, -0.25) is 0 Å². The fourth-order valence-electron chi connectivity index (χ4n) is 2.05. The number of ether oxygens (including phenoxy) is 1. The molecule has 2 unspecified atom stereocenters. The molecule has 17 heavy (non-hydrogen) atoms. The van der Waals surface area contributed by atoms with E-state index in [1.54, 1.807) is 7.11 Å². The van der Waals surface area contributed by atoms with Crippen molar-refractivity contribution in [3.8, 4) is 5.75 Å². The van der Waals surface area contributed by atoms with Gasteiger partial charge in [0.25, 0.3) is 0 Å². The van der Waals surface area contributed by atoms with Crippen molar-refractivity contribution < 1.29 is 9.84 Å². The molecule has 1 rings (SSSR count). The fraction of sp³-hybridized carbons (Fsp3) is 0.571. The molecular weight excluding hydrogens is 214 g/mol. The van der Waals surface area contributed by atoms with Gasteiger partial charge >= 0.3 is 0 Å². The Morgan fingerprint density at radius 3 is 2.53 bits per heavy atom. The number of aliphatic hydroxyl groups is 1. The molecule has 1 aromatic carbocycles. The molecule has 0 radical (unpaired) electrons. The summed E-state index contributed by atoms with van der Waals surface area (Å²) in [6.45, 7) is 4.27. The first-order valence-electron chi connectivity index (χ1n) is 6.21. The number of hydrogen-bond donors (Lipinski definition) is 2. The smallest absolute Gasteiger partial charge is 0.122 e. The van der Waals surface area contributed by atoms with Crippen LogP contribution in [-0.4, -0.2) is 18.8 Å². The molecule has 0 amide bonds. The molecule has 0 heterocycles. The fourth-order valence-corrected chi connectivity index (χ4v) is 2.05. The molecule has 96 valence electrons. The van der Waals surface area contributed by atoms with Crippen LogP contribution in [-0.2, 0) is 6.42 Å². The van der Waals surface area contributed by atoms with E-state index in [1.165, 1.54) is 0 Å². The lowest BCUT2D eigenvalue weighted by molar-refractivity contribution is 0.200. The van der Waals surface area contributed by atoms with Crippen molar-refractivity contribution in [3.63, 3.8) is 0 Å². The van der Waals surface area contributed by atoms with Crippen molar-refractivity contribution in [1.29, 1.82) is 0 Å². The van der Waals surface area contributed by atoms with Gasteiger partial charge in [0.15, 0.2) is 0 Å². The first kappa shape index (κ1) is 14.0. The van der Waals surface area contributed by atoms with Crippen LogP contribution in [0.2, 0.25) is 0 Å². The number of methoxy groups -OCH3 is 1. The molecule has 0 aromatic heterocycles. The van der Waals surface area contributed by atoms with E-state index in [1.807, 2.05) is 19.1 Å². The minimum atomic E-state index is -0.110. The molecule has 0 saturated heterocycles. The van der Waals surface area contributed by atoms with Gasteiger partial charge in [0.05, 0.1) is 7.11 Å². The summed E-state index contributed by atoms with van der Waals surface area (Å²) >= 11 is 0. The highest BCUT2D eigenvalue weighted by Gasteiger charge is 2.17.